The lowest BCUT2D eigenvalue weighted by atomic mass is 10.2. The zero-order valence-electron chi connectivity index (χ0n) is 14.5. The minimum absolute atomic E-state index is 0.0158. The quantitative estimate of drug-likeness (QED) is 0.678. The largest absolute Gasteiger partial charge is 0.310 e. The molecule has 2 N–H and O–H groups in total. The molecule has 0 saturated heterocycles. The van der Waals surface area contributed by atoms with Gasteiger partial charge < -0.3 is 4.57 Å². The van der Waals surface area contributed by atoms with Crippen LogP contribution in [0.1, 0.15) is 26.3 Å². The van der Waals surface area contributed by atoms with Gasteiger partial charge in [-0.1, -0.05) is 18.2 Å². The number of halogens is 2. The number of hydrogen-bond donors (Lipinski definition) is 2. The van der Waals surface area contributed by atoms with E-state index in [0.717, 1.165) is 6.07 Å². The average Bonchev–Trinajstić information content (AvgIpc) is 2.69. The molecule has 3 aromatic rings. The number of hydrazine groups is 1. The number of carbonyl (C=O) groups excluding carboxylic acids is 2. The van der Waals surface area contributed by atoms with Gasteiger partial charge in [-0.3, -0.25) is 25.2 Å². The van der Waals surface area contributed by atoms with E-state index in [-0.39, 0.29) is 17.7 Å². The van der Waals surface area contributed by atoms with Crippen molar-refractivity contribution in [2.75, 3.05) is 0 Å². The Balaban J connectivity index is 1.71. The summed E-state index contributed by atoms with van der Waals surface area (Å²) in [7, 11) is 0. The minimum atomic E-state index is -0.816. The Labute approximate surface area is 158 Å². The van der Waals surface area contributed by atoms with Crippen LogP contribution in [-0.4, -0.2) is 16.4 Å². The maximum Gasteiger partial charge on any atom is 0.275 e. The lowest BCUT2D eigenvalue weighted by Gasteiger charge is -2.10. The molecule has 3 rings (SSSR count). The van der Waals surface area contributed by atoms with Gasteiger partial charge in [0.1, 0.15) is 17.2 Å². The van der Waals surface area contributed by atoms with E-state index in [2.05, 4.69) is 10.9 Å². The second kappa shape index (κ2) is 8.26. The topological polar surface area (TPSA) is 80.2 Å². The lowest BCUT2D eigenvalue weighted by molar-refractivity contribution is 0.0845. The van der Waals surface area contributed by atoms with Gasteiger partial charge >= 0.3 is 0 Å². The normalized spacial score (nSPS) is 10.4. The third-order valence-electron chi connectivity index (χ3n) is 3.91. The summed E-state index contributed by atoms with van der Waals surface area (Å²) < 4.78 is 27.4. The highest BCUT2D eigenvalue weighted by molar-refractivity contribution is 5.98. The summed E-state index contributed by atoms with van der Waals surface area (Å²) in [6.07, 6.45) is 1.49. The number of nitrogens with one attached hydrogen (secondary N) is 2. The van der Waals surface area contributed by atoms with Crippen molar-refractivity contribution < 1.29 is 18.4 Å². The molecule has 28 heavy (non-hydrogen) atoms. The van der Waals surface area contributed by atoms with Crippen LogP contribution < -0.4 is 16.4 Å². The van der Waals surface area contributed by atoms with Crippen LogP contribution in [0.3, 0.4) is 0 Å². The van der Waals surface area contributed by atoms with Gasteiger partial charge in [0.15, 0.2) is 0 Å². The molecule has 0 aliphatic rings. The summed E-state index contributed by atoms with van der Waals surface area (Å²) in [6, 6.07) is 13.4. The lowest BCUT2D eigenvalue weighted by Crippen LogP contribution is -2.44. The van der Waals surface area contributed by atoms with E-state index < -0.39 is 29.0 Å². The molecule has 0 aliphatic carbocycles. The van der Waals surface area contributed by atoms with Gasteiger partial charge in [-0.05, 0) is 48.0 Å². The van der Waals surface area contributed by atoms with Gasteiger partial charge in [0.2, 0.25) is 0 Å². The Bertz CT molecular complexity index is 1080. The van der Waals surface area contributed by atoms with E-state index in [0.29, 0.717) is 5.56 Å². The van der Waals surface area contributed by atoms with Crippen molar-refractivity contribution in [3.05, 3.63) is 106 Å². The molecule has 0 atom stereocenters. The maximum atomic E-state index is 13.2. The molecular formula is C20H15F2N3O3. The Morgan fingerprint density at radius 1 is 0.857 bits per heavy atom. The molecule has 2 amide bonds. The summed E-state index contributed by atoms with van der Waals surface area (Å²) in [4.78, 5) is 36.7. The highest BCUT2D eigenvalue weighted by Crippen LogP contribution is 2.05. The molecule has 8 heteroatoms. The minimum Gasteiger partial charge on any atom is -0.310 e. The number of aromatic nitrogens is 1. The Kier molecular flexibility index (Phi) is 5.59. The van der Waals surface area contributed by atoms with Gasteiger partial charge in [0.05, 0.1) is 6.54 Å². The van der Waals surface area contributed by atoms with Crippen LogP contribution in [0.25, 0.3) is 0 Å². The second-order valence-electron chi connectivity index (χ2n) is 5.90. The van der Waals surface area contributed by atoms with E-state index >= 15 is 0 Å². The Hall–Kier alpha value is -3.81. The van der Waals surface area contributed by atoms with Crippen molar-refractivity contribution in [1.29, 1.82) is 0 Å². The first-order valence-corrected chi connectivity index (χ1v) is 8.24. The molecule has 142 valence electrons. The van der Waals surface area contributed by atoms with Gasteiger partial charge in [-0.15, -0.1) is 0 Å². The first kappa shape index (κ1) is 19.0. The molecule has 2 aromatic carbocycles. The van der Waals surface area contributed by atoms with E-state index in [1.54, 1.807) is 0 Å². The molecule has 6 nitrogen and oxygen atoms in total. The van der Waals surface area contributed by atoms with Crippen molar-refractivity contribution in [3.63, 3.8) is 0 Å². The smallest absolute Gasteiger partial charge is 0.275 e. The van der Waals surface area contributed by atoms with Crippen molar-refractivity contribution in [2.45, 2.75) is 6.54 Å². The number of hydrogen-bond acceptors (Lipinski definition) is 3. The second-order valence-corrected chi connectivity index (χ2v) is 5.90. The summed E-state index contributed by atoms with van der Waals surface area (Å²) in [5, 5.41) is 0. The SMILES string of the molecule is O=C(NNC(=O)c1cccn(Cc2ccc(F)cc2)c1=O)c1cccc(F)c1. The molecule has 0 saturated carbocycles. The number of carbonyl (C=O) groups is 2. The third-order valence-corrected chi connectivity index (χ3v) is 3.91. The number of nitrogens with zero attached hydrogens (tertiary/aromatic N) is 1. The molecule has 1 heterocycles. The summed E-state index contributed by atoms with van der Waals surface area (Å²) in [5.74, 6) is -2.53. The van der Waals surface area contributed by atoms with E-state index in [9.17, 15) is 23.2 Å². The zero-order chi connectivity index (χ0) is 20.1. The summed E-state index contributed by atoms with van der Waals surface area (Å²) in [5.41, 5.74) is 4.19. The first-order valence-electron chi connectivity index (χ1n) is 8.24. The van der Waals surface area contributed by atoms with Crippen LogP contribution in [0.15, 0.2) is 71.7 Å². The number of amides is 2. The van der Waals surface area contributed by atoms with Crippen LogP contribution in [0, 0.1) is 11.6 Å². The molecule has 0 aliphatic heterocycles. The summed E-state index contributed by atoms with van der Waals surface area (Å²) in [6.45, 7) is 0.149. The van der Waals surface area contributed by atoms with E-state index in [1.807, 2.05) is 0 Å². The van der Waals surface area contributed by atoms with Gasteiger partial charge in [0, 0.05) is 11.8 Å². The van der Waals surface area contributed by atoms with Gasteiger partial charge in [-0.2, -0.15) is 0 Å². The van der Waals surface area contributed by atoms with Gasteiger partial charge in [0.25, 0.3) is 17.4 Å². The van der Waals surface area contributed by atoms with Crippen molar-refractivity contribution in [3.8, 4) is 0 Å². The van der Waals surface area contributed by atoms with Gasteiger partial charge in [-0.25, -0.2) is 8.78 Å². The fraction of sp³-hybridized carbons (Fsp3) is 0.0500. The monoisotopic (exact) mass is 383 g/mol. The molecule has 1 aromatic heterocycles. The number of rotatable bonds is 4. The number of pyridine rings is 1. The van der Waals surface area contributed by atoms with Crippen LogP contribution in [0.4, 0.5) is 8.78 Å². The molecule has 0 fully saturated rings. The maximum absolute atomic E-state index is 13.2. The zero-order valence-corrected chi connectivity index (χ0v) is 14.5. The summed E-state index contributed by atoms with van der Waals surface area (Å²) >= 11 is 0. The predicted molar refractivity (Wildman–Crippen MR) is 97.5 cm³/mol. The van der Waals surface area contributed by atoms with E-state index in [4.69, 9.17) is 0 Å². The Morgan fingerprint density at radius 3 is 2.29 bits per heavy atom. The molecule has 0 spiro atoms. The fourth-order valence-electron chi connectivity index (χ4n) is 2.50. The predicted octanol–water partition coefficient (Wildman–Crippen LogP) is 2.25. The van der Waals surface area contributed by atoms with Crippen LogP contribution in [0.2, 0.25) is 0 Å². The van der Waals surface area contributed by atoms with Crippen LogP contribution >= 0.6 is 0 Å². The highest BCUT2D eigenvalue weighted by atomic mass is 19.1. The van der Waals surface area contributed by atoms with E-state index in [1.165, 1.54) is 65.4 Å². The fourth-order valence-corrected chi connectivity index (χ4v) is 2.50. The third kappa shape index (κ3) is 4.47. The molecule has 0 bridgehead atoms. The van der Waals surface area contributed by atoms with Crippen molar-refractivity contribution >= 4 is 11.8 Å². The molecule has 0 unspecified atom stereocenters. The van der Waals surface area contributed by atoms with Crippen LogP contribution in [0.5, 0.6) is 0 Å². The Morgan fingerprint density at radius 2 is 1.57 bits per heavy atom. The first-order chi connectivity index (χ1) is 13.4. The highest BCUT2D eigenvalue weighted by Gasteiger charge is 2.14. The standard InChI is InChI=1S/C20H15F2N3O3/c21-15-8-6-13(7-9-15)12-25-10-2-5-17(20(25)28)19(27)24-23-18(26)14-3-1-4-16(22)11-14/h1-11H,12H2,(H,23,26)(H,24,27). The van der Waals surface area contributed by atoms with Crippen molar-refractivity contribution in [2.24, 2.45) is 0 Å². The van der Waals surface area contributed by atoms with Crippen LogP contribution in [-0.2, 0) is 6.54 Å². The van der Waals surface area contributed by atoms with Crippen molar-refractivity contribution in [1.82, 2.24) is 15.4 Å². The molecule has 0 radical (unpaired) electrons. The average molecular weight is 383 g/mol. The molecular weight excluding hydrogens is 368 g/mol. The number of benzene rings is 2.